The van der Waals surface area contributed by atoms with Crippen LogP contribution < -0.4 is 16.0 Å². The summed E-state index contributed by atoms with van der Waals surface area (Å²) in [5.74, 6) is -2.48. The number of para-hydroxylation sites is 1. The fourth-order valence-electron chi connectivity index (χ4n) is 3.79. The normalized spacial score (nSPS) is 18.5. The lowest BCUT2D eigenvalue weighted by atomic mass is 9.97. The van der Waals surface area contributed by atoms with Gasteiger partial charge in [0.2, 0.25) is 5.91 Å². The van der Waals surface area contributed by atoms with E-state index >= 15 is 0 Å². The number of ether oxygens (including phenoxy) is 2. The summed E-state index contributed by atoms with van der Waals surface area (Å²) in [6.45, 7) is 6.95. The van der Waals surface area contributed by atoms with Crippen LogP contribution in [-0.2, 0) is 32.1 Å². The number of amides is 2. The number of alkyl carbamates (subject to hydrolysis) is 1. The number of carbonyl (C=O) groups is 3. The van der Waals surface area contributed by atoms with E-state index in [0.717, 1.165) is 16.8 Å². The van der Waals surface area contributed by atoms with Gasteiger partial charge in [-0.15, -0.1) is 0 Å². The third kappa shape index (κ3) is 6.95. The second kappa shape index (κ2) is 10.8. The first-order valence-corrected chi connectivity index (χ1v) is 11.5. The number of carboxylic acid groups (broad SMARTS) is 1. The van der Waals surface area contributed by atoms with Crippen LogP contribution in [0, 0.1) is 5.92 Å². The Bertz CT molecular complexity index is 1030. The molecule has 1 aliphatic heterocycles. The average molecular weight is 484 g/mol. The first-order chi connectivity index (χ1) is 16.5. The molecular formula is C26H33N3O6. The van der Waals surface area contributed by atoms with E-state index in [1.54, 1.807) is 27.7 Å². The van der Waals surface area contributed by atoms with Crippen LogP contribution in [-0.4, -0.2) is 47.0 Å². The molecule has 2 aromatic carbocycles. The lowest BCUT2D eigenvalue weighted by Crippen LogP contribution is -2.62. The van der Waals surface area contributed by atoms with Crippen LogP contribution in [0.5, 0.6) is 0 Å². The summed E-state index contributed by atoms with van der Waals surface area (Å²) in [7, 11) is 0. The van der Waals surface area contributed by atoms with Crippen LogP contribution >= 0.6 is 0 Å². The summed E-state index contributed by atoms with van der Waals surface area (Å²) >= 11 is 0. The molecule has 0 aromatic heterocycles. The van der Waals surface area contributed by atoms with E-state index in [1.807, 2.05) is 54.6 Å². The molecule has 2 amide bonds. The van der Waals surface area contributed by atoms with Crippen molar-refractivity contribution in [2.24, 2.45) is 5.92 Å². The molecule has 0 spiro atoms. The van der Waals surface area contributed by atoms with Gasteiger partial charge in [0, 0.05) is 18.7 Å². The molecule has 188 valence electrons. The van der Waals surface area contributed by atoms with Gasteiger partial charge < -0.3 is 30.5 Å². The molecule has 35 heavy (non-hydrogen) atoms. The first kappa shape index (κ1) is 26.0. The van der Waals surface area contributed by atoms with E-state index in [4.69, 9.17) is 9.47 Å². The molecule has 2 unspecified atom stereocenters. The van der Waals surface area contributed by atoms with Gasteiger partial charge in [0.1, 0.15) is 5.60 Å². The van der Waals surface area contributed by atoms with Gasteiger partial charge >= 0.3 is 12.1 Å². The van der Waals surface area contributed by atoms with E-state index < -0.39 is 41.3 Å². The Morgan fingerprint density at radius 3 is 2.37 bits per heavy atom. The van der Waals surface area contributed by atoms with Crippen LogP contribution in [0.3, 0.4) is 0 Å². The minimum Gasteiger partial charge on any atom is -0.480 e. The molecule has 9 nitrogen and oxygen atoms in total. The van der Waals surface area contributed by atoms with Gasteiger partial charge in [-0.1, -0.05) is 55.5 Å². The van der Waals surface area contributed by atoms with Gasteiger partial charge in [-0.2, -0.15) is 0 Å². The number of carboxylic acids is 1. The van der Waals surface area contributed by atoms with Gasteiger partial charge in [-0.25, -0.2) is 9.59 Å². The third-order valence-electron chi connectivity index (χ3n) is 5.55. The number of hydrogen-bond donors (Lipinski definition) is 4. The Balaban J connectivity index is 1.75. The average Bonchev–Trinajstić information content (AvgIpc) is 3.18. The SMILES string of the molecule is CC(CNC(=O)OC(C)(C)C)C(=O)N[C@H](C(=O)O)C1(OCc2ccccc2)Cc2ccccc2N1. The smallest absolute Gasteiger partial charge is 0.407 e. The van der Waals surface area contributed by atoms with Crippen LogP contribution in [0.4, 0.5) is 10.5 Å². The van der Waals surface area contributed by atoms with Gasteiger partial charge in [0.05, 0.1) is 12.5 Å². The number of hydrogen-bond acceptors (Lipinski definition) is 6. The molecule has 0 saturated carbocycles. The third-order valence-corrected chi connectivity index (χ3v) is 5.55. The van der Waals surface area contributed by atoms with Crippen LogP contribution in [0.15, 0.2) is 54.6 Å². The minimum absolute atomic E-state index is 0.0153. The number of nitrogens with one attached hydrogen (secondary N) is 3. The number of aliphatic carboxylic acids is 1. The zero-order valence-electron chi connectivity index (χ0n) is 20.5. The van der Waals surface area contributed by atoms with Crippen molar-refractivity contribution in [1.82, 2.24) is 10.6 Å². The summed E-state index contributed by atoms with van der Waals surface area (Å²) in [6.07, 6.45) is -0.403. The predicted octanol–water partition coefficient (Wildman–Crippen LogP) is 3.30. The Kier molecular flexibility index (Phi) is 8.01. The molecule has 0 saturated heterocycles. The quantitative estimate of drug-likeness (QED) is 0.431. The molecule has 0 bridgehead atoms. The van der Waals surface area contributed by atoms with Crippen LogP contribution in [0.2, 0.25) is 0 Å². The van der Waals surface area contributed by atoms with E-state index in [0.29, 0.717) is 0 Å². The lowest BCUT2D eigenvalue weighted by molar-refractivity contribution is -0.153. The molecule has 0 aliphatic carbocycles. The monoisotopic (exact) mass is 483 g/mol. The Morgan fingerprint density at radius 2 is 1.74 bits per heavy atom. The highest BCUT2D eigenvalue weighted by Crippen LogP contribution is 2.36. The van der Waals surface area contributed by atoms with Gasteiger partial charge in [-0.05, 0) is 38.0 Å². The first-order valence-electron chi connectivity index (χ1n) is 11.5. The molecule has 2 aromatic rings. The molecule has 0 radical (unpaired) electrons. The number of benzene rings is 2. The van der Waals surface area contributed by atoms with Crippen LogP contribution in [0.1, 0.15) is 38.8 Å². The number of fused-ring (bicyclic) bond motifs is 1. The van der Waals surface area contributed by atoms with Crippen molar-refractivity contribution in [3.63, 3.8) is 0 Å². The summed E-state index contributed by atoms with van der Waals surface area (Å²) in [4.78, 5) is 37.3. The van der Waals surface area contributed by atoms with E-state index in [9.17, 15) is 19.5 Å². The lowest BCUT2D eigenvalue weighted by Gasteiger charge is -2.36. The van der Waals surface area contributed by atoms with E-state index in [2.05, 4.69) is 16.0 Å². The zero-order chi connectivity index (χ0) is 25.6. The topological polar surface area (TPSA) is 126 Å². The highest BCUT2D eigenvalue weighted by molar-refractivity contribution is 5.87. The van der Waals surface area contributed by atoms with Gasteiger partial charge in [-0.3, -0.25) is 4.79 Å². The van der Waals surface area contributed by atoms with E-state index in [1.165, 1.54) is 0 Å². The molecule has 3 atom stereocenters. The second-order valence-electron chi connectivity index (χ2n) is 9.69. The Labute approximate surface area is 205 Å². The second-order valence-corrected chi connectivity index (χ2v) is 9.69. The van der Waals surface area contributed by atoms with Crippen molar-refractivity contribution < 1.29 is 29.0 Å². The van der Waals surface area contributed by atoms with Crippen molar-refractivity contribution in [2.45, 2.75) is 58.1 Å². The maximum absolute atomic E-state index is 13.0. The molecule has 0 fully saturated rings. The van der Waals surface area contributed by atoms with Gasteiger partial charge in [0.25, 0.3) is 0 Å². The highest BCUT2D eigenvalue weighted by Gasteiger charge is 2.49. The molecule has 3 rings (SSSR count). The summed E-state index contributed by atoms with van der Waals surface area (Å²) in [6, 6.07) is 15.5. The molecule has 9 heteroatoms. The maximum atomic E-state index is 13.0. The highest BCUT2D eigenvalue weighted by atomic mass is 16.6. The van der Waals surface area contributed by atoms with Crippen molar-refractivity contribution in [2.75, 3.05) is 11.9 Å². The summed E-state index contributed by atoms with van der Waals surface area (Å²) in [5.41, 5.74) is 0.436. The summed E-state index contributed by atoms with van der Waals surface area (Å²) < 4.78 is 11.4. The minimum atomic E-state index is -1.40. The van der Waals surface area contributed by atoms with Crippen molar-refractivity contribution >= 4 is 23.7 Å². The molecular weight excluding hydrogens is 450 g/mol. The number of carbonyl (C=O) groups excluding carboxylic acids is 2. The van der Waals surface area contributed by atoms with E-state index in [-0.39, 0.29) is 19.6 Å². The van der Waals surface area contributed by atoms with Crippen molar-refractivity contribution in [3.05, 3.63) is 65.7 Å². The zero-order valence-corrected chi connectivity index (χ0v) is 20.5. The largest absolute Gasteiger partial charge is 0.480 e. The number of anilines is 1. The molecule has 1 aliphatic rings. The predicted molar refractivity (Wildman–Crippen MR) is 131 cm³/mol. The van der Waals surface area contributed by atoms with Crippen molar-refractivity contribution in [3.8, 4) is 0 Å². The molecule has 4 N–H and O–H groups in total. The Hall–Kier alpha value is -3.59. The Morgan fingerprint density at radius 1 is 1.09 bits per heavy atom. The maximum Gasteiger partial charge on any atom is 0.407 e. The van der Waals surface area contributed by atoms with Gasteiger partial charge in [0.15, 0.2) is 11.8 Å². The van der Waals surface area contributed by atoms with Crippen LogP contribution in [0.25, 0.3) is 0 Å². The number of rotatable bonds is 9. The fourth-order valence-corrected chi connectivity index (χ4v) is 3.79. The molecule has 1 heterocycles. The standard InChI is InChI=1S/C26H33N3O6/c1-17(15-27-24(33)35-25(2,3)4)22(30)28-21(23(31)32)26(34-16-18-10-6-5-7-11-18)14-19-12-8-9-13-20(19)29-26/h5-13,17,21,29H,14-16H2,1-4H3,(H,27,33)(H,28,30)(H,31,32)/t17?,21-,26?/m1/s1. The fraction of sp³-hybridized carbons (Fsp3) is 0.423. The van der Waals surface area contributed by atoms with Crippen molar-refractivity contribution in [1.29, 1.82) is 0 Å². The summed E-state index contributed by atoms with van der Waals surface area (Å²) in [5, 5.41) is 18.5.